The minimum atomic E-state index is -4.08. The lowest BCUT2D eigenvalue weighted by atomic mass is 9.70. The third-order valence-corrected chi connectivity index (χ3v) is 7.77. The highest BCUT2D eigenvalue weighted by atomic mass is 32.2. The van der Waals surface area contributed by atoms with E-state index in [1.165, 1.54) is 6.42 Å². The Balaban J connectivity index is 0.000000159. The van der Waals surface area contributed by atoms with Gasteiger partial charge in [0.1, 0.15) is 5.78 Å². The van der Waals surface area contributed by atoms with E-state index >= 15 is 0 Å². The zero-order chi connectivity index (χ0) is 17.8. The van der Waals surface area contributed by atoms with Gasteiger partial charge in [0, 0.05) is 18.9 Å². The lowest BCUT2D eigenvalue weighted by Gasteiger charge is -2.35. The first-order valence-electron chi connectivity index (χ1n) is 8.79. The fraction of sp³-hybridized carbons (Fsp3) is 0.882. The van der Waals surface area contributed by atoms with Crippen molar-refractivity contribution in [1.82, 2.24) is 4.90 Å². The highest BCUT2D eigenvalue weighted by Gasteiger charge is 2.65. The second-order valence-electron chi connectivity index (χ2n) is 8.43. The monoisotopic (exact) mass is 357 g/mol. The first kappa shape index (κ1) is 18.0. The number of hydrogen-bond acceptors (Lipinski definition) is 5. The fourth-order valence-electron chi connectivity index (χ4n) is 5.23. The van der Waals surface area contributed by atoms with E-state index < -0.39 is 21.3 Å². The van der Waals surface area contributed by atoms with E-state index in [-0.39, 0.29) is 17.1 Å². The third-order valence-electron chi connectivity index (χ3n) is 6.91. The molecule has 24 heavy (non-hydrogen) atoms. The molecular formula is C17H27NO5S. The van der Waals surface area contributed by atoms with Crippen LogP contribution in [0.5, 0.6) is 0 Å². The highest BCUT2D eigenvalue weighted by Crippen LogP contribution is 2.64. The maximum absolute atomic E-state index is 11.9. The molecule has 0 aromatic rings. The maximum atomic E-state index is 11.9. The van der Waals surface area contributed by atoms with Gasteiger partial charge >= 0.3 is 0 Å². The zero-order valence-electron chi connectivity index (χ0n) is 14.5. The van der Waals surface area contributed by atoms with Crippen molar-refractivity contribution < 1.29 is 22.6 Å². The molecule has 4 rings (SSSR count). The Morgan fingerprint density at radius 1 is 1.25 bits per heavy atom. The van der Waals surface area contributed by atoms with Gasteiger partial charge in [-0.1, -0.05) is 13.8 Å². The van der Waals surface area contributed by atoms with Crippen molar-refractivity contribution in [2.24, 2.45) is 22.7 Å². The predicted molar refractivity (Wildman–Crippen MR) is 89.1 cm³/mol. The smallest absolute Gasteiger partial charge is 0.265 e. The lowest BCUT2D eigenvalue weighted by molar-refractivity contribution is -0.128. The molecular weight excluding hydrogens is 330 g/mol. The van der Waals surface area contributed by atoms with Gasteiger partial charge in [-0.05, 0) is 43.6 Å². The molecule has 2 aliphatic carbocycles. The van der Waals surface area contributed by atoms with Crippen LogP contribution < -0.4 is 0 Å². The molecule has 4 fully saturated rings. The van der Waals surface area contributed by atoms with Crippen molar-refractivity contribution in [2.45, 2.75) is 46.0 Å². The summed E-state index contributed by atoms with van der Waals surface area (Å²) in [6, 6.07) is 0. The van der Waals surface area contributed by atoms with Crippen molar-refractivity contribution >= 4 is 21.7 Å². The average molecular weight is 357 g/mol. The third kappa shape index (κ3) is 2.95. The SMILES string of the molecule is CC1(C)C2CCC1(CS(=O)(=O)O)C(=O)C2.O=C1CN2CCC[C@@H]1C2. The first-order chi connectivity index (χ1) is 11.1. The number of hydrogen-bond donors (Lipinski definition) is 1. The summed E-state index contributed by atoms with van der Waals surface area (Å²) in [6.45, 7) is 6.84. The Morgan fingerprint density at radius 3 is 2.42 bits per heavy atom. The minimum Gasteiger partial charge on any atom is -0.299 e. The quantitative estimate of drug-likeness (QED) is 0.754. The van der Waals surface area contributed by atoms with Gasteiger partial charge in [-0.3, -0.25) is 19.0 Å². The van der Waals surface area contributed by atoms with E-state index in [2.05, 4.69) is 4.90 Å². The molecule has 2 aliphatic heterocycles. The molecule has 2 heterocycles. The van der Waals surface area contributed by atoms with Crippen LogP contribution in [0.25, 0.3) is 0 Å². The largest absolute Gasteiger partial charge is 0.299 e. The molecule has 7 heteroatoms. The molecule has 0 spiro atoms. The van der Waals surface area contributed by atoms with Crippen LogP contribution in [0.15, 0.2) is 0 Å². The summed E-state index contributed by atoms with van der Waals surface area (Å²) < 4.78 is 31.0. The molecule has 6 nitrogen and oxygen atoms in total. The van der Waals surface area contributed by atoms with Crippen LogP contribution in [0.1, 0.15) is 46.0 Å². The van der Waals surface area contributed by atoms with Gasteiger partial charge in [0.15, 0.2) is 5.78 Å². The average Bonchev–Trinajstić information content (AvgIpc) is 2.92. The Bertz CT molecular complexity index is 656. The number of ketones is 2. The Hall–Kier alpha value is -0.790. The van der Waals surface area contributed by atoms with E-state index in [0.717, 1.165) is 32.5 Å². The number of nitrogens with zero attached hydrogens (tertiary/aromatic N) is 1. The number of rotatable bonds is 2. The van der Waals surface area contributed by atoms with Gasteiger partial charge in [0.2, 0.25) is 0 Å². The van der Waals surface area contributed by atoms with Crippen molar-refractivity contribution in [3.63, 3.8) is 0 Å². The van der Waals surface area contributed by atoms with Crippen molar-refractivity contribution in [1.29, 1.82) is 0 Å². The summed E-state index contributed by atoms with van der Waals surface area (Å²) in [5.74, 6) is 0.793. The number of fused-ring (bicyclic) bond motifs is 4. The van der Waals surface area contributed by atoms with Gasteiger partial charge in [0.05, 0.1) is 17.7 Å². The molecule has 4 atom stereocenters. The van der Waals surface area contributed by atoms with Gasteiger partial charge in [-0.25, -0.2) is 0 Å². The topological polar surface area (TPSA) is 91.7 Å². The molecule has 136 valence electrons. The van der Waals surface area contributed by atoms with E-state index in [4.69, 9.17) is 4.55 Å². The Labute approximate surface area is 143 Å². The number of carbonyl (C=O) groups is 2. The van der Waals surface area contributed by atoms with Gasteiger partial charge in [-0.2, -0.15) is 8.42 Å². The fourth-order valence-corrected chi connectivity index (χ4v) is 6.53. The van der Waals surface area contributed by atoms with Crippen LogP contribution >= 0.6 is 0 Å². The zero-order valence-corrected chi connectivity index (χ0v) is 15.3. The minimum absolute atomic E-state index is 0.0152. The van der Waals surface area contributed by atoms with Gasteiger partial charge in [-0.15, -0.1) is 0 Å². The van der Waals surface area contributed by atoms with Crippen LogP contribution in [0.2, 0.25) is 0 Å². The molecule has 0 radical (unpaired) electrons. The van der Waals surface area contributed by atoms with Crippen LogP contribution in [0.4, 0.5) is 0 Å². The van der Waals surface area contributed by atoms with Crippen LogP contribution in [0.3, 0.4) is 0 Å². The Morgan fingerprint density at radius 2 is 1.96 bits per heavy atom. The maximum Gasteiger partial charge on any atom is 0.265 e. The Kier molecular flexibility index (Phi) is 4.42. The highest BCUT2D eigenvalue weighted by molar-refractivity contribution is 7.85. The molecule has 4 aliphatic rings. The summed E-state index contributed by atoms with van der Waals surface area (Å²) in [4.78, 5) is 25.1. The standard InChI is InChI=1S/C10H16O4S.C7H11NO/c1-9(2)7-3-4-10(9,8(11)5-7)6-15(12,13)14;9-7-5-8-3-1-2-6(7)4-8/h7H,3-6H2,1-2H3,(H,12,13,14);6H,1-5H2/t;6-/m.1/s1. The summed E-state index contributed by atoms with van der Waals surface area (Å²) in [5, 5.41) is 0. The van der Waals surface area contributed by atoms with Crippen molar-refractivity contribution in [2.75, 3.05) is 25.4 Å². The van der Waals surface area contributed by atoms with Crippen molar-refractivity contribution in [3.8, 4) is 0 Å². The van der Waals surface area contributed by atoms with E-state index in [9.17, 15) is 18.0 Å². The van der Waals surface area contributed by atoms with Crippen LogP contribution in [-0.4, -0.2) is 54.8 Å². The van der Waals surface area contributed by atoms with Gasteiger partial charge in [0.25, 0.3) is 10.1 Å². The summed E-state index contributed by atoms with van der Waals surface area (Å²) in [5.41, 5.74) is -1.12. The van der Waals surface area contributed by atoms with Crippen molar-refractivity contribution in [3.05, 3.63) is 0 Å². The van der Waals surface area contributed by atoms with Gasteiger partial charge < -0.3 is 0 Å². The van der Waals surface area contributed by atoms with Crippen LogP contribution in [-0.2, 0) is 19.7 Å². The van der Waals surface area contributed by atoms with Crippen LogP contribution in [0, 0.1) is 22.7 Å². The molecule has 3 unspecified atom stereocenters. The predicted octanol–water partition coefficient (Wildman–Crippen LogP) is 1.55. The van der Waals surface area contributed by atoms with E-state index in [1.54, 1.807) is 0 Å². The van der Waals surface area contributed by atoms with E-state index in [1.807, 2.05) is 13.8 Å². The number of Topliss-reactive ketones (excluding diaryl/α,β-unsaturated/α-hetero) is 2. The first-order valence-corrected chi connectivity index (χ1v) is 10.4. The summed E-state index contributed by atoms with van der Waals surface area (Å²) in [7, 11) is -4.08. The number of piperidine rings is 1. The normalized spacial score (nSPS) is 39.7. The second kappa shape index (κ2) is 5.88. The second-order valence-corrected chi connectivity index (χ2v) is 9.89. The summed E-state index contributed by atoms with van der Waals surface area (Å²) >= 11 is 0. The molecule has 2 saturated carbocycles. The molecule has 1 N–H and O–H groups in total. The number of carbonyl (C=O) groups excluding carboxylic acids is 2. The lowest BCUT2D eigenvalue weighted by Crippen LogP contribution is -2.42. The van der Waals surface area contributed by atoms with E-state index in [0.29, 0.717) is 24.5 Å². The molecule has 0 amide bonds. The molecule has 0 aromatic heterocycles. The molecule has 0 aromatic carbocycles. The molecule has 4 bridgehead atoms. The summed E-state index contributed by atoms with van der Waals surface area (Å²) in [6.07, 6.45) is 4.35. The molecule has 2 saturated heterocycles.